The zero-order valence-corrected chi connectivity index (χ0v) is 13.8. The van der Waals surface area contributed by atoms with Gasteiger partial charge < -0.3 is 15.1 Å². The molecule has 0 bridgehead atoms. The van der Waals surface area contributed by atoms with Crippen LogP contribution in [0.4, 0.5) is 0 Å². The molecular weight excluding hydrogens is 274 g/mol. The van der Waals surface area contributed by atoms with Crippen molar-refractivity contribution >= 4 is 5.91 Å². The van der Waals surface area contributed by atoms with Gasteiger partial charge >= 0.3 is 0 Å². The normalized spacial score (nSPS) is 20.8. The van der Waals surface area contributed by atoms with Crippen LogP contribution in [0.5, 0.6) is 0 Å². The molecule has 0 saturated carbocycles. The van der Waals surface area contributed by atoms with Gasteiger partial charge in [0.2, 0.25) is 0 Å². The SMILES string of the molecule is CN(C)Cc1cccc(C(=O)N2CCC3(CCNC3)CC2)c1. The van der Waals surface area contributed by atoms with E-state index in [4.69, 9.17) is 0 Å². The van der Waals surface area contributed by atoms with Gasteiger partial charge in [0.25, 0.3) is 5.91 Å². The van der Waals surface area contributed by atoms with Gasteiger partial charge in [-0.2, -0.15) is 0 Å². The van der Waals surface area contributed by atoms with E-state index in [1.165, 1.54) is 12.0 Å². The number of piperidine rings is 1. The van der Waals surface area contributed by atoms with Crippen LogP contribution in [0.2, 0.25) is 0 Å². The first-order valence-electron chi connectivity index (χ1n) is 8.32. The second-order valence-corrected chi connectivity index (χ2v) is 7.16. The molecule has 22 heavy (non-hydrogen) atoms. The summed E-state index contributed by atoms with van der Waals surface area (Å²) in [4.78, 5) is 16.9. The van der Waals surface area contributed by atoms with Crippen LogP contribution in [0.15, 0.2) is 24.3 Å². The van der Waals surface area contributed by atoms with Crippen molar-refractivity contribution in [3.63, 3.8) is 0 Å². The Bertz CT molecular complexity index is 525. The molecule has 1 amide bonds. The minimum Gasteiger partial charge on any atom is -0.339 e. The number of likely N-dealkylation sites (tertiary alicyclic amines) is 1. The molecule has 0 radical (unpaired) electrons. The van der Waals surface area contributed by atoms with Crippen LogP contribution in [0.25, 0.3) is 0 Å². The van der Waals surface area contributed by atoms with Crippen molar-refractivity contribution in [1.29, 1.82) is 0 Å². The minimum atomic E-state index is 0.196. The summed E-state index contributed by atoms with van der Waals surface area (Å²) in [5.41, 5.74) is 2.49. The molecule has 2 heterocycles. The second-order valence-electron chi connectivity index (χ2n) is 7.16. The highest BCUT2D eigenvalue weighted by molar-refractivity contribution is 5.94. The first-order valence-corrected chi connectivity index (χ1v) is 8.32. The van der Waals surface area contributed by atoms with Crippen molar-refractivity contribution in [2.75, 3.05) is 40.3 Å². The van der Waals surface area contributed by atoms with Gasteiger partial charge in [-0.15, -0.1) is 0 Å². The summed E-state index contributed by atoms with van der Waals surface area (Å²) >= 11 is 0. The van der Waals surface area contributed by atoms with E-state index < -0.39 is 0 Å². The lowest BCUT2D eigenvalue weighted by Crippen LogP contribution is -2.44. The zero-order chi connectivity index (χ0) is 15.6. The van der Waals surface area contributed by atoms with Crippen molar-refractivity contribution in [3.8, 4) is 0 Å². The molecule has 4 nitrogen and oxygen atoms in total. The van der Waals surface area contributed by atoms with Crippen molar-refractivity contribution in [1.82, 2.24) is 15.1 Å². The summed E-state index contributed by atoms with van der Waals surface area (Å²) in [5, 5.41) is 3.48. The van der Waals surface area contributed by atoms with Crippen molar-refractivity contribution in [2.45, 2.75) is 25.8 Å². The third kappa shape index (κ3) is 3.33. The molecule has 1 aromatic carbocycles. The number of nitrogens with one attached hydrogen (secondary N) is 1. The number of hydrogen-bond donors (Lipinski definition) is 1. The molecule has 0 aromatic heterocycles. The van der Waals surface area contributed by atoms with Gasteiger partial charge in [0.15, 0.2) is 0 Å². The smallest absolute Gasteiger partial charge is 0.253 e. The van der Waals surface area contributed by atoms with E-state index in [2.05, 4.69) is 16.3 Å². The molecule has 2 saturated heterocycles. The Morgan fingerprint density at radius 3 is 2.68 bits per heavy atom. The van der Waals surface area contributed by atoms with Crippen LogP contribution >= 0.6 is 0 Å². The molecule has 1 aromatic rings. The van der Waals surface area contributed by atoms with Gasteiger partial charge in [0.05, 0.1) is 0 Å². The van der Waals surface area contributed by atoms with E-state index in [0.29, 0.717) is 5.41 Å². The number of rotatable bonds is 3. The van der Waals surface area contributed by atoms with E-state index in [1.807, 2.05) is 37.2 Å². The first kappa shape index (κ1) is 15.5. The van der Waals surface area contributed by atoms with Gasteiger partial charge in [-0.1, -0.05) is 12.1 Å². The second kappa shape index (κ2) is 6.39. The average molecular weight is 301 g/mol. The van der Waals surface area contributed by atoms with Crippen LogP contribution in [0.1, 0.15) is 35.2 Å². The third-order valence-corrected chi connectivity index (χ3v) is 5.12. The molecule has 0 atom stereocenters. The maximum Gasteiger partial charge on any atom is 0.253 e. The number of carbonyl (C=O) groups excluding carboxylic acids is 1. The summed E-state index contributed by atoms with van der Waals surface area (Å²) in [6, 6.07) is 8.08. The molecule has 2 aliphatic heterocycles. The van der Waals surface area contributed by atoms with Gasteiger partial charge in [-0.25, -0.2) is 0 Å². The summed E-state index contributed by atoms with van der Waals surface area (Å²) in [7, 11) is 4.10. The Morgan fingerprint density at radius 1 is 1.27 bits per heavy atom. The number of hydrogen-bond acceptors (Lipinski definition) is 3. The maximum atomic E-state index is 12.7. The van der Waals surface area contributed by atoms with E-state index in [9.17, 15) is 4.79 Å². The van der Waals surface area contributed by atoms with E-state index in [-0.39, 0.29) is 5.91 Å². The summed E-state index contributed by atoms with van der Waals surface area (Å²) in [6.45, 7) is 4.95. The fraction of sp³-hybridized carbons (Fsp3) is 0.611. The highest BCUT2D eigenvalue weighted by Gasteiger charge is 2.38. The molecule has 0 aliphatic carbocycles. The Balaban J connectivity index is 1.64. The predicted octanol–water partition coefficient (Wildman–Crippen LogP) is 1.96. The van der Waals surface area contributed by atoms with Gasteiger partial charge in [0, 0.05) is 31.7 Å². The molecule has 1 N–H and O–H groups in total. The Morgan fingerprint density at radius 2 is 2.05 bits per heavy atom. The number of nitrogens with zero attached hydrogens (tertiary/aromatic N) is 2. The lowest BCUT2D eigenvalue weighted by atomic mass is 9.78. The minimum absolute atomic E-state index is 0.196. The molecule has 120 valence electrons. The fourth-order valence-electron chi connectivity index (χ4n) is 3.76. The molecule has 4 heteroatoms. The molecule has 1 spiro atoms. The highest BCUT2D eigenvalue weighted by Crippen LogP contribution is 2.37. The summed E-state index contributed by atoms with van der Waals surface area (Å²) in [5.74, 6) is 0.196. The van der Waals surface area contributed by atoms with Crippen molar-refractivity contribution in [3.05, 3.63) is 35.4 Å². The molecule has 0 unspecified atom stereocenters. The average Bonchev–Trinajstić information content (AvgIpc) is 2.95. The van der Waals surface area contributed by atoms with Crippen molar-refractivity contribution < 1.29 is 4.79 Å². The monoisotopic (exact) mass is 301 g/mol. The Hall–Kier alpha value is -1.39. The molecule has 2 fully saturated rings. The van der Waals surface area contributed by atoms with E-state index >= 15 is 0 Å². The third-order valence-electron chi connectivity index (χ3n) is 5.12. The molecule has 2 aliphatic rings. The van der Waals surface area contributed by atoms with Crippen LogP contribution in [0.3, 0.4) is 0 Å². The van der Waals surface area contributed by atoms with Crippen LogP contribution in [0, 0.1) is 5.41 Å². The quantitative estimate of drug-likeness (QED) is 0.927. The summed E-state index contributed by atoms with van der Waals surface area (Å²) < 4.78 is 0. The summed E-state index contributed by atoms with van der Waals surface area (Å²) in [6.07, 6.45) is 3.56. The van der Waals surface area contributed by atoms with Gasteiger partial charge in [-0.05, 0) is 63.0 Å². The van der Waals surface area contributed by atoms with Crippen LogP contribution in [-0.4, -0.2) is 56.0 Å². The van der Waals surface area contributed by atoms with Gasteiger partial charge in [-0.3, -0.25) is 4.79 Å². The fourth-order valence-corrected chi connectivity index (χ4v) is 3.76. The molecule has 3 rings (SSSR count). The zero-order valence-electron chi connectivity index (χ0n) is 13.8. The standard InChI is InChI=1S/C18H27N3O/c1-20(2)13-15-4-3-5-16(12-15)17(22)21-10-7-18(8-11-21)6-9-19-14-18/h3-5,12,19H,6-11,13-14H2,1-2H3. The highest BCUT2D eigenvalue weighted by atomic mass is 16.2. The van der Waals surface area contributed by atoms with Crippen molar-refractivity contribution in [2.24, 2.45) is 5.41 Å². The van der Waals surface area contributed by atoms with Gasteiger partial charge in [0.1, 0.15) is 0 Å². The Labute approximate surface area is 133 Å². The number of benzene rings is 1. The molecular formula is C18H27N3O. The van der Waals surface area contributed by atoms with Crippen LogP contribution < -0.4 is 5.32 Å². The first-order chi connectivity index (χ1) is 10.6. The largest absolute Gasteiger partial charge is 0.339 e. The topological polar surface area (TPSA) is 35.6 Å². The van der Waals surface area contributed by atoms with E-state index in [0.717, 1.165) is 51.1 Å². The van der Waals surface area contributed by atoms with E-state index in [1.54, 1.807) is 0 Å². The predicted molar refractivity (Wildman–Crippen MR) is 88.9 cm³/mol. The maximum absolute atomic E-state index is 12.7. The lowest BCUT2D eigenvalue weighted by molar-refractivity contribution is 0.0607. The number of amides is 1. The number of carbonyl (C=O) groups is 1. The Kier molecular flexibility index (Phi) is 4.50. The lowest BCUT2D eigenvalue weighted by Gasteiger charge is -2.39. The van der Waals surface area contributed by atoms with Crippen LogP contribution in [-0.2, 0) is 6.54 Å².